The van der Waals surface area contributed by atoms with Gasteiger partial charge >= 0.3 is 6.61 Å². The summed E-state index contributed by atoms with van der Waals surface area (Å²) in [5.41, 5.74) is 9.68. The minimum absolute atomic E-state index is 0.140. The van der Waals surface area contributed by atoms with Crippen LogP contribution in [0.2, 0.25) is 0 Å². The lowest BCUT2D eigenvalue weighted by Gasteiger charge is -2.13. The number of carbonyl (C=O) groups excluding carboxylic acids is 1. The van der Waals surface area contributed by atoms with Crippen molar-refractivity contribution >= 4 is 27.7 Å². The summed E-state index contributed by atoms with van der Waals surface area (Å²) in [6.45, 7) is -0.432. The van der Waals surface area contributed by atoms with Crippen molar-refractivity contribution in [2.75, 3.05) is 0 Å². The highest BCUT2D eigenvalue weighted by Gasteiger charge is 2.18. The topological polar surface area (TPSA) is 57.2 Å². The summed E-state index contributed by atoms with van der Waals surface area (Å²) in [5.74, 6) is -0.359. The van der Waals surface area contributed by atoms with E-state index in [1.165, 1.54) is 11.6 Å². The molecule has 0 saturated heterocycles. The second kappa shape index (κ2) is 8.76. The number of amides is 1. The van der Waals surface area contributed by atoms with E-state index in [9.17, 15) is 13.6 Å². The minimum Gasteiger partial charge on any atom is -0.434 e. The summed E-state index contributed by atoms with van der Waals surface area (Å²) in [6, 6.07) is 18.4. The molecule has 0 spiro atoms. The largest absolute Gasteiger partial charge is 0.434 e. The van der Waals surface area contributed by atoms with Gasteiger partial charge in [0.15, 0.2) is 0 Å². The van der Waals surface area contributed by atoms with Gasteiger partial charge in [-0.05, 0) is 42.7 Å². The number of aromatic nitrogens is 1. The maximum atomic E-state index is 12.9. The molecular formula is C25H24F2N2O2. The van der Waals surface area contributed by atoms with Gasteiger partial charge in [-0.25, -0.2) is 0 Å². The fourth-order valence-electron chi connectivity index (χ4n) is 4.12. The van der Waals surface area contributed by atoms with Gasteiger partial charge in [0.25, 0.3) is 0 Å². The van der Waals surface area contributed by atoms with E-state index in [2.05, 4.69) is 19.1 Å². The van der Waals surface area contributed by atoms with Crippen LogP contribution in [0.4, 0.5) is 8.78 Å². The molecule has 4 nitrogen and oxygen atoms in total. The maximum absolute atomic E-state index is 12.9. The molecular weight excluding hydrogens is 398 g/mol. The molecule has 1 amide bonds. The first-order valence-corrected chi connectivity index (χ1v) is 10.4. The average Bonchev–Trinajstić information content (AvgIpc) is 3.06. The molecule has 6 heteroatoms. The average molecular weight is 422 g/mol. The normalized spacial score (nSPS) is 11.5. The van der Waals surface area contributed by atoms with E-state index in [0.29, 0.717) is 17.7 Å². The predicted octanol–water partition coefficient (Wildman–Crippen LogP) is 5.89. The second-order valence-corrected chi connectivity index (χ2v) is 7.59. The number of hydrogen-bond acceptors (Lipinski definition) is 2. The number of fused-ring (bicyclic) bond motifs is 3. The summed E-state index contributed by atoms with van der Waals surface area (Å²) in [7, 11) is 0. The highest BCUT2D eigenvalue weighted by molar-refractivity contribution is 6.18. The van der Waals surface area contributed by atoms with Crippen molar-refractivity contribution < 1.29 is 18.3 Å². The number of carbonyl (C=O) groups is 1. The van der Waals surface area contributed by atoms with Crippen LogP contribution in [0.5, 0.6) is 5.75 Å². The molecule has 0 aliphatic heterocycles. The second-order valence-electron chi connectivity index (χ2n) is 7.59. The van der Waals surface area contributed by atoms with Crippen LogP contribution in [0.1, 0.15) is 41.3 Å². The summed E-state index contributed by atoms with van der Waals surface area (Å²) < 4.78 is 32.6. The quantitative estimate of drug-likeness (QED) is 0.385. The molecule has 4 aromatic rings. The Balaban J connectivity index is 1.94. The predicted molar refractivity (Wildman–Crippen MR) is 119 cm³/mol. The first kappa shape index (κ1) is 20.8. The minimum atomic E-state index is -2.90. The molecule has 0 unspecified atom stereocenters. The van der Waals surface area contributed by atoms with Crippen LogP contribution in [0.25, 0.3) is 21.8 Å². The third kappa shape index (κ3) is 4.10. The molecule has 3 aromatic carbocycles. The lowest BCUT2D eigenvalue weighted by molar-refractivity contribution is -0.0504. The SMILES string of the molecule is CCCCc1ccc2c3c(C(N)=O)cccc3n(Cc3ccccc3OC(F)F)c2c1. The van der Waals surface area contributed by atoms with Crippen LogP contribution in [0.15, 0.2) is 60.7 Å². The molecule has 0 radical (unpaired) electrons. The smallest absolute Gasteiger partial charge is 0.387 e. The fraction of sp³-hybridized carbons (Fsp3) is 0.240. The fourth-order valence-corrected chi connectivity index (χ4v) is 4.12. The Morgan fingerprint density at radius 2 is 1.87 bits per heavy atom. The third-order valence-electron chi connectivity index (χ3n) is 5.56. The van der Waals surface area contributed by atoms with E-state index in [4.69, 9.17) is 10.5 Å². The van der Waals surface area contributed by atoms with E-state index in [1.54, 1.807) is 30.3 Å². The van der Waals surface area contributed by atoms with E-state index in [0.717, 1.165) is 41.1 Å². The number of primary amides is 1. The molecule has 0 aliphatic carbocycles. The molecule has 2 N–H and O–H groups in total. The molecule has 160 valence electrons. The van der Waals surface area contributed by atoms with E-state index >= 15 is 0 Å². The molecule has 1 heterocycles. The van der Waals surface area contributed by atoms with Crippen molar-refractivity contribution in [1.82, 2.24) is 4.57 Å². The molecule has 1 aromatic heterocycles. The van der Waals surface area contributed by atoms with Gasteiger partial charge in [0, 0.05) is 27.4 Å². The monoisotopic (exact) mass is 422 g/mol. The van der Waals surface area contributed by atoms with E-state index in [-0.39, 0.29) is 5.75 Å². The lowest BCUT2D eigenvalue weighted by atomic mass is 10.0. The number of nitrogens with two attached hydrogens (primary N) is 1. The van der Waals surface area contributed by atoms with Crippen molar-refractivity contribution in [3.05, 3.63) is 77.4 Å². The molecule has 4 rings (SSSR count). The van der Waals surface area contributed by atoms with E-state index in [1.807, 2.05) is 16.7 Å². The number of nitrogens with zero attached hydrogens (tertiary/aromatic N) is 1. The molecule has 0 fully saturated rings. The summed E-state index contributed by atoms with van der Waals surface area (Å²) in [6.07, 6.45) is 3.11. The first-order chi connectivity index (χ1) is 15.0. The highest BCUT2D eigenvalue weighted by atomic mass is 19.3. The Hall–Kier alpha value is -3.41. The zero-order valence-electron chi connectivity index (χ0n) is 17.3. The Bertz CT molecular complexity index is 1250. The number of halogens is 2. The van der Waals surface area contributed by atoms with Crippen molar-refractivity contribution in [2.24, 2.45) is 5.73 Å². The molecule has 0 aliphatic rings. The molecule has 0 bridgehead atoms. The molecule has 0 saturated carbocycles. The van der Waals surface area contributed by atoms with Gasteiger partial charge in [-0.3, -0.25) is 4.79 Å². The number of ether oxygens (including phenoxy) is 1. The van der Waals surface area contributed by atoms with Gasteiger partial charge in [-0.2, -0.15) is 8.78 Å². The standard InChI is InChI=1S/C25H24F2N2O2/c1-2-3-7-16-12-13-18-21(14-16)29(20-10-6-9-19(23(18)20)24(28)30)15-17-8-4-5-11-22(17)31-25(26)27/h4-6,8-14,25H,2-3,7,15H2,1H3,(H2,28,30). The van der Waals surface area contributed by atoms with Crippen molar-refractivity contribution in [3.63, 3.8) is 0 Å². The van der Waals surface area contributed by atoms with Crippen molar-refractivity contribution in [2.45, 2.75) is 39.3 Å². The number of unbranched alkanes of at least 4 members (excludes halogenated alkanes) is 1. The number of para-hydroxylation sites is 1. The lowest BCUT2D eigenvalue weighted by Crippen LogP contribution is -2.11. The number of benzene rings is 3. The zero-order valence-corrected chi connectivity index (χ0v) is 17.3. The summed E-state index contributed by atoms with van der Waals surface area (Å²) >= 11 is 0. The Morgan fingerprint density at radius 3 is 2.61 bits per heavy atom. The van der Waals surface area contributed by atoms with E-state index < -0.39 is 12.5 Å². The van der Waals surface area contributed by atoms with Crippen LogP contribution in [0.3, 0.4) is 0 Å². The van der Waals surface area contributed by atoms with Gasteiger partial charge in [-0.1, -0.05) is 49.7 Å². The summed E-state index contributed by atoms with van der Waals surface area (Å²) in [5, 5.41) is 1.69. The van der Waals surface area contributed by atoms with Gasteiger partial charge in [-0.15, -0.1) is 0 Å². The first-order valence-electron chi connectivity index (χ1n) is 10.4. The van der Waals surface area contributed by atoms with Crippen molar-refractivity contribution in [1.29, 1.82) is 0 Å². The molecule has 0 atom stereocenters. The van der Waals surface area contributed by atoms with Crippen LogP contribution in [-0.4, -0.2) is 17.1 Å². The Morgan fingerprint density at radius 1 is 1.06 bits per heavy atom. The summed E-state index contributed by atoms with van der Waals surface area (Å²) in [4.78, 5) is 12.1. The van der Waals surface area contributed by atoms with Gasteiger partial charge < -0.3 is 15.0 Å². The number of rotatable bonds is 8. The number of hydrogen-bond donors (Lipinski definition) is 1. The van der Waals surface area contributed by atoms with Gasteiger partial charge in [0.2, 0.25) is 5.91 Å². The molecule has 31 heavy (non-hydrogen) atoms. The van der Waals surface area contributed by atoms with Crippen LogP contribution < -0.4 is 10.5 Å². The highest BCUT2D eigenvalue weighted by Crippen LogP contribution is 2.34. The van der Waals surface area contributed by atoms with Crippen LogP contribution in [-0.2, 0) is 13.0 Å². The number of alkyl halides is 2. The third-order valence-corrected chi connectivity index (χ3v) is 5.56. The van der Waals surface area contributed by atoms with Crippen LogP contribution >= 0.6 is 0 Å². The van der Waals surface area contributed by atoms with Gasteiger partial charge in [0.05, 0.1) is 12.1 Å². The number of aryl methyl sites for hydroxylation is 1. The Labute approximate surface area is 179 Å². The van der Waals surface area contributed by atoms with Crippen LogP contribution in [0, 0.1) is 0 Å². The maximum Gasteiger partial charge on any atom is 0.387 e. The zero-order chi connectivity index (χ0) is 22.0. The van der Waals surface area contributed by atoms with Gasteiger partial charge in [0.1, 0.15) is 5.75 Å². The van der Waals surface area contributed by atoms with Crippen molar-refractivity contribution in [3.8, 4) is 5.75 Å². The Kier molecular flexibility index (Phi) is 5.89.